The van der Waals surface area contributed by atoms with Gasteiger partial charge in [-0.2, -0.15) is 0 Å². The Morgan fingerprint density at radius 2 is 0.944 bits per heavy atom. The number of esters is 1. The van der Waals surface area contributed by atoms with Crippen LogP contribution in [0.15, 0.2) is 91.0 Å². The molecule has 4 fully saturated rings. The van der Waals surface area contributed by atoms with E-state index in [1.54, 1.807) is 0 Å². The number of carbonyl (C=O) groups excluding carboxylic acids is 1. The van der Waals surface area contributed by atoms with E-state index in [-0.39, 0.29) is 22.2 Å². The van der Waals surface area contributed by atoms with Crippen molar-refractivity contribution in [2.45, 2.75) is 87.6 Å². The predicted octanol–water partition coefficient (Wildman–Crippen LogP) is 7.90. The first-order valence-corrected chi connectivity index (χ1v) is 13.6. The van der Waals surface area contributed by atoms with Gasteiger partial charge in [0.1, 0.15) is 5.60 Å². The van der Waals surface area contributed by atoms with Gasteiger partial charge < -0.3 is 4.74 Å². The van der Waals surface area contributed by atoms with Crippen molar-refractivity contribution in [2.24, 2.45) is 5.41 Å². The zero-order valence-electron chi connectivity index (χ0n) is 21.9. The van der Waals surface area contributed by atoms with E-state index in [0.717, 1.165) is 44.9 Å². The lowest BCUT2D eigenvalue weighted by molar-refractivity contribution is -0.179. The van der Waals surface area contributed by atoms with Gasteiger partial charge in [0.2, 0.25) is 0 Å². The first kappa shape index (κ1) is 23.5. The molecular weight excluding hydrogens is 440 g/mol. The van der Waals surface area contributed by atoms with Crippen molar-refractivity contribution in [1.82, 2.24) is 0 Å². The minimum Gasteiger partial charge on any atom is -0.460 e. The first-order valence-electron chi connectivity index (χ1n) is 13.6. The van der Waals surface area contributed by atoms with Crippen LogP contribution in [0.25, 0.3) is 0 Å². The highest BCUT2D eigenvalue weighted by atomic mass is 16.6. The van der Waals surface area contributed by atoms with Gasteiger partial charge in [0.25, 0.3) is 0 Å². The maximum atomic E-state index is 14.4. The zero-order valence-corrected chi connectivity index (χ0v) is 21.9. The molecule has 2 nitrogen and oxygen atoms in total. The summed E-state index contributed by atoms with van der Waals surface area (Å²) in [5.74, 6) is 0.0113. The third-order valence-corrected chi connectivity index (χ3v) is 9.46. The second-order valence-corrected chi connectivity index (χ2v) is 13.1. The summed E-state index contributed by atoms with van der Waals surface area (Å²) in [4.78, 5) is 14.4. The number of fused-ring (bicyclic) bond motifs is 1. The summed E-state index contributed by atoms with van der Waals surface area (Å²) < 4.78 is 6.28. The molecule has 186 valence electrons. The lowest BCUT2D eigenvalue weighted by atomic mass is 9.43. The SMILES string of the molecule is CC(C)(C)OC(=O)C12CC3(c4ccccc4)CCC(c4ccccc4)(C1)CC(c1ccccc1)(C2)C3. The minimum atomic E-state index is -0.512. The predicted molar refractivity (Wildman–Crippen MR) is 145 cm³/mol. The summed E-state index contributed by atoms with van der Waals surface area (Å²) in [7, 11) is 0. The number of ether oxygens (including phenoxy) is 1. The number of hydrogen-bond donors (Lipinski definition) is 0. The Labute approximate surface area is 216 Å². The summed E-state index contributed by atoms with van der Waals surface area (Å²) >= 11 is 0. The molecule has 3 aromatic carbocycles. The Morgan fingerprint density at radius 1 is 0.583 bits per heavy atom. The quantitative estimate of drug-likeness (QED) is 0.356. The van der Waals surface area contributed by atoms with Crippen molar-refractivity contribution in [3.8, 4) is 0 Å². The highest BCUT2D eigenvalue weighted by Gasteiger charge is 2.68. The second kappa shape index (κ2) is 8.07. The van der Waals surface area contributed by atoms with Crippen molar-refractivity contribution in [1.29, 1.82) is 0 Å². The van der Waals surface area contributed by atoms with E-state index in [4.69, 9.17) is 4.74 Å². The second-order valence-electron chi connectivity index (χ2n) is 13.1. The first-order chi connectivity index (χ1) is 17.2. The highest BCUT2D eigenvalue weighted by molar-refractivity contribution is 5.79. The maximum absolute atomic E-state index is 14.4. The van der Waals surface area contributed by atoms with Gasteiger partial charge in [-0.3, -0.25) is 4.79 Å². The van der Waals surface area contributed by atoms with Gasteiger partial charge in [-0.15, -0.1) is 0 Å². The Hall–Kier alpha value is -2.87. The molecule has 0 aromatic heterocycles. The third kappa shape index (κ3) is 3.72. The molecule has 2 unspecified atom stereocenters. The van der Waals surface area contributed by atoms with Gasteiger partial charge in [0, 0.05) is 0 Å². The van der Waals surface area contributed by atoms with Crippen molar-refractivity contribution < 1.29 is 9.53 Å². The van der Waals surface area contributed by atoms with Crippen LogP contribution in [0, 0.1) is 5.41 Å². The molecule has 4 bridgehead atoms. The van der Waals surface area contributed by atoms with Gasteiger partial charge in [-0.05, 0) is 98.7 Å². The van der Waals surface area contributed by atoms with Crippen LogP contribution in [0.2, 0.25) is 0 Å². The van der Waals surface area contributed by atoms with Gasteiger partial charge in [-0.25, -0.2) is 0 Å². The van der Waals surface area contributed by atoms with E-state index in [9.17, 15) is 4.79 Å². The molecule has 0 heterocycles. The van der Waals surface area contributed by atoms with Crippen LogP contribution in [0.5, 0.6) is 0 Å². The molecule has 0 saturated heterocycles. The topological polar surface area (TPSA) is 26.3 Å². The summed E-state index contributed by atoms with van der Waals surface area (Å²) in [6.07, 6.45) is 7.02. The van der Waals surface area contributed by atoms with Crippen LogP contribution in [0.3, 0.4) is 0 Å². The molecule has 0 aliphatic heterocycles. The monoisotopic (exact) mass is 478 g/mol. The van der Waals surface area contributed by atoms with Crippen molar-refractivity contribution in [3.05, 3.63) is 108 Å². The molecule has 36 heavy (non-hydrogen) atoms. The largest absolute Gasteiger partial charge is 0.460 e. The molecule has 0 amide bonds. The summed E-state index contributed by atoms with van der Waals surface area (Å²) in [6, 6.07) is 33.2. The normalized spacial score (nSPS) is 33.2. The molecule has 4 aliphatic carbocycles. The molecule has 0 spiro atoms. The fourth-order valence-corrected chi connectivity index (χ4v) is 8.55. The average Bonchev–Trinajstić information content (AvgIpc) is 3.06. The lowest BCUT2D eigenvalue weighted by Gasteiger charge is -2.60. The smallest absolute Gasteiger partial charge is 0.312 e. The van der Waals surface area contributed by atoms with Crippen LogP contribution in [-0.4, -0.2) is 11.6 Å². The molecule has 2 heteroatoms. The Balaban J connectivity index is 1.61. The number of rotatable bonds is 4. The fourth-order valence-electron chi connectivity index (χ4n) is 8.55. The maximum Gasteiger partial charge on any atom is 0.312 e. The Morgan fingerprint density at radius 3 is 1.33 bits per heavy atom. The minimum absolute atomic E-state index is 0.0113. The van der Waals surface area contributed by atoms with Crippen LogP contribution in [-0.2, 0) is 25.8 Å². The zero-order chi connectivity index (χ0) is 25.1. The van der Waals surface area contributed by atoms with Gasteiger partial charge in [0.05, 0.1) is 5.41 Å². The fraction of sp³-hybridized carbons (Fsp3) is 0.441. The van der Waals surface area contributed by atoms with E-state index in [1.807, 2.05) is 20.8 Å². The average molecular weight is 479 g/mol. The molecule has 4 aliphatic rings. The van der Waals surface area contributed by atoms with Crippen LogP contribution in [0.4, 0.5) is 0 Å². The summed E-state index contributed by atoms with van der Waals surface area (Å²) in [5.41, 5.74) is 3.00. The van der Waals surface area contributed by atoms with E-state index in [1.165, 1.54) is 16.7 Å². The molecule has 0 N–H and O–H groups in total. The summed E-state index contributed by atoms with van der Waals surface area (Å²) in [6.45, 7) is 6.02. The lowest BCUT2D eigenvalue weighted by Crippen LogP contribution is -2.59. The number of carbonyl (C=O) groups is 1. The van der Waals surface area contributed by atoms with Crippen molar-refractivity contribution >= 4 is 5.97 Å². The van der Waals surface area contributed by atoms with Crippen LogP contribution in [0.1, 0.15) is 82.4 Å². The molecular formula is C34H38O2. The van der Waals surface area contributed by atoms with Crippen LogP contribution >= 0.6 is 0 Å². The third-order valence-electron chi connectivity index (χ3n) is 9.46. The van der Waals surface area contributed by atoms with Gasteiger partial charge in [0.15, 0.2) is 0 Å². The van der Waals surface area contributed by atoms with Gasteiger partial charge >= 0.3 is 5.97 Å². The molecule has 3 aromatic rings. The van der Waals surface area contributed by atoms with E-state index >= 15 is 0 Å². The van der Waals surface area contributed by atoms with Gasteiger partial charge in [-0.1, -0.05) is 91.0 Å². The molecule has 2 atom stereocenters. The standard InChI is InChI=1S/C34H38O2/c1-30(2,3)36-29(35)34-23-31(26-13-7-4-8-14-26)19-20-32(24-34,27-15-9-5-10-16-27)22-33(21-31,25-34)28-17-11-6-12-18-28/h4-18H,19-25H2,1-3H3. The molecule has 7 rings (SSSR count). The number of hydrogen-bond acceptors (Lipinski definition) is 2. The van der Waals surface area contributed by atoms with E-state index in [0.29, 0.717) is 0 Å². The van der Waals surface area contributed by atoms with Crippen molar-refractivity contribution in [3.63, 3.8) is 0 Å². The Kier molecular flexibility index (Phi) is 5.27. The van der Waals surface area contributed by atoms with Crippen molar-refractivity contribution in [2.75, 3.05) is 0 Å². The number of benzene rings is 3. The van der Waals surface area contributed by atoms with Crippen LogP contribution < -0.4 is 0 Å². The highest BCUT2D eigenvalue weighted by Crippen LogP contribution is 2.72. The Bertz CT molecular complexity index is 1180. The van der Waals surface area contributed by atoms with E-state index in [2.05, 4.69) is 91.0 Å². The van der Waals surface area contributed by atoms with E-state index < -0.39 is 11.0 Å². The summed E-state index contributed by atoms with van der Waals surface area (Å²) in [5, 5.41) is 0. The molecule has 0 radical (unpaired) electrons. The molecule has 4 saturated carbocycles.